The van der Waals surface area contributed by atoms with E-state index in [4.69, 9.17) is 0 Å². The molecule has 7 heteroatoms. The number of fused-ring (bicyclic) bond motifs is 1. The van der Waals surface area contributed by atoms with Gasteiger partial charge in [0.25, 0.3) is 5.56 Å². The molecule has 0 bridgehead atoms. The van der Waals surface area contributed by atoms with Gasteiger partial charge in [-0.15, -0.1) is 0 Å². The quantitative estimate of drug-likeness (QED) is 0.768. The lowest BCUT2D eigenvalue weighted by molar-refractivity contribution is -0.138. The van der Waals surface area contributed by atoms with E-state index in [0.29, 0.717) is 6.07 Å². The van der Waals surface area contributed by atoms with Gasteiger partial charge in [0.05, 0.1) is 22.9 Å². The molecule has 0 aliphatic heterocycles. The summed E-state index contributed by atoms with van der Waals surface area (Å²) in [5.74, 6) is -0.696. The predicted molar refractivity (Wildman–Crippen MR) is 55.2 cm³/mol. The average Bonchev–Trinajstić information content (AvgIpc) is 2.25. The van der Waals surface area contributed by atoms with Gasteiger partial charge in [-0.2, -0.15) is 13.2 Å². The van der Waals surface area contributed by atoms with Crippen LogP contribution in [-0.4, -0.2) is 15.5 Å². The van der Waals surface area contributed by atoms with Crippen molar-refractivity contribution in [2.75, 3.05) is 0 Å². The first-order chi connectivity index (χ1) is 8.23. The molecule has 1 aliphatic rings. The maximum atomic E-state index is 12.8. The number of carbonyl (C=O) groups is 1. The fourth-order valence-electron chi connectivity index (χ4n) is 2.15. The number of hydrogen-bond donors (Lipinski definition) is 1. The molecular formula is C11H10F3NO3. The van der Waals surface area contributed by atoms with E-state index in [0.717, 1.165) is 4.57 Å². The number of Topliss-reactive ketones (excluding diaryl/α,β-unsaturated/α-hetero) is 1. The summed E-state index contributed by atoms with van der Waals surface area (Å²) in [6, 6.07) is 0.398. The number of ketones is 1. The van der Waals surface area contributed by atoms with Crippen LogP contribution < -0.4 is 5.56 Å². The summed E-state index contributed by atoms with van der Waals surface area (Å²) >= 11 is 0. The summed E-state index contributed by atoms with van der Waals surface area (Å²) in [5, 5.41) is 9.70. The van der Waals surface area contributed by atoms with Crippen LogP contribution in [0.4, 0.5) is 13.2 Å². The molecule has 98 valence electrons. The Kier molecular flexibility index (Phi) is 2.81. The normalized spacial score (nSPS) is 19.8. The molecule has 0 aromatic carbocycles. The third kappa shape index (κ3) is 1.84. The minimum absolute atomic E-state index is 0.0282. The van der Waals surface area contributed by atoms with Crippen molar-refractivity contribution in [2.24, 2.45) is 7.05 Å². The summed E-state index contributed by atoms with van der Waals surface area (Å²) in [5.41, 5.74) is -2.98. The molecule has 0 amide bonds. The van der Waals surface area contributed by atoms with E-state index in [1.807, 2.05) is 0 Å². The van der Waals surface area contributed by atoms with E-state index < -0.39 is 34.7 Å². The fraction of sp³-hybridized carbons (Fsp3) is 0.455. The molecule has 18 heavy (non-hydrogen) atoms. The second-order valence-corrected chi connectivity index (χ2v) is 4.19. The van der Waals surface area contributed by atoms with E-state index in [1.165, 1.54) is 7.05 Å². The highest BCUT2D eigenvalue weighted by molar-refractivity contribution is 5.99. The van der Waals surface area contributed by atoms with E-state index in [-0.39, 0.29) is 18.5 Å². The number of aliphatic hydroxyl groups excluding tert-OH is 1. The lowest BCUT2D eigenvalue weighted by Gasteiger charge is -2.25. The molecule has 2 rings (SSSR count). The molecule has 1 atom stereocenters. The summed E-state index contributed by atoms with van der Waals surface area (Å²) in [4.78, 5) is 23.1. The van der Waals surface area contributed by atoms with Crippen LogP contribution >= 0.6 is 0 Å². The van der Waals surface area contributed by atoms with Gasteiger partial charge < -0.3 is 9.67 Å². The van der Waals surface area contributed by atoms with Gasteiger partial charge in [-0.25, -0.2) is 0 Å². The van der Waals surface area contributed by atoms with Gasteiger partial charge in [-0.05, 0) is 6.42 Å². The van der Waals surface area contributed by atoms with Crippen molar-refractivity contribution in [1.29, 1.82) is 0 Å². The Balaban J connectivity index is 2.87. The van der Waals surface area contributed by atoms with Crippen LogP contribution in [-0.2, 0) is 13.2 Å². The number of carbonyl (C=O) groups excluding carboxylic acids is 1. The van der Waals surface area contributed by atoms with Crippen molar-refractivity contribution in [3.63, 3.8) is 0 Å². The molecule has 1 unspecified atom stereocenters. The van der Waals surface area contributed by atoms with Crippen LogP contribution in [0.5, 0.6) is 0 Å². The van der Waals surface area contributed by atoms with Crippen LogP contribution in [0.1, 0.15) is 40.6 Å². The first-order valence-electron chi connectivity index (χ1n) is 5.26. The predicted octanol–water partition coefficient (Wildman–Crippen LogP) is 1.41. The van der Waals surface area contributed by atoms with Gasteiger partial charge >= 0.3 is 6.18 Å². The Hall–Kier alpha value is -1.63. The first kappa shape index (κ1) is 12.8. The SMILES string of the molecule is Cn1c2c(c(C(F)(F)F)cc1=O)C(=O)CCC2O. The molecule has 0 fully saturated rings. The summed E-state index contributed by atoms with van der Waals surface area (Å²) < 4.78 is 39.3. The molecule has 1 N–H and O–H groups in total. The number of pyridine rings is 1. The number of aromatic nitrogens is 1. The van der Waals surface area contributed by atoms with Crippen molar-refractivity contribution in [1.82, 2.24) is 4.57 Å². The number of rotatable bonds is 0. The molecule has 0 saturated carbocycles. The van der Waals surface area contributed by atoms with E-state index in [2.05, 4.69) is 0 Å². The molecule has 1 aromatic rings. The number of alkyl halides is 3. The summed E-state index contributed by atoms with van der Waals surface area (Å²) in [7, 11) is 1.24. The van der Waals surface area contributed by atoms with Crippen LogP contribution in [0.15, 0.2) is 10.9 Å². The molecule has 1 aromatic heterocycles. The maximum Gasteiger partial charge on any atom is 0.417 e. The minimum atomic E-state index is -4.79. The molecule has 1 aliphatic carbocycles. The van der Waals surface area contributed by atoms with Gasteiger partial charge in [0.1, 0.15) is 0 Å². The van der Waals surface area contributed by atoms with Crippen molar-refractivity contribution in [3.8, 4) is 0 Å². The standard InChI is InChI=1S/C11H10F3NO3/c1-15-8(18)4-5(11(12,13)14)9-6(16)2-3-7(17)10(9)15/h4,7,17H,2-3H2,1H3. The van der Waals surface area contributed by atoms with Crippen LogP contribution in [0, 0.1) is 0 Å². The molecule has 0 radical (unpaired) electrons. The van der Waals surface area contributed by atoms with Gasteiger partial charge in [0.2, 0.25) is 0 Å². The Morgan fingerprint density at radius 1 is 1.39 bits per heavy atom. The summed E-state index contributed by atoms with van der Waals surface area (Å²) in [6.07, 6.45) is -6.14. The van der Waals surface area contributed by atoms with Crippen molar-refractivity contribution in [2.45, 2.75) is 25.1 Å². The number of nitrogens with zero attached hydrogens (tertiary/aromatic N) is 1. The molecule has 0 saturated heterocycles. The lowest BCUT2D eigenvalue weighted by atomic mass is 9.88. The Bertz CT molecular complexity index is 574. The zero-order valence-corrected chi connectivity index (χ0v) is 9.41. The van der Waals surface area contributed by atoms with E-state index in [1.54, 1.807) is 0 Å². The zero-order valence-electron chi connectivity index (χ0n) is 9.41. The molecule has 0 spiro atoms. The minimum Gasteiger partial charge on any atom is -0.387 e. The van der Waals surface area contributed by atoms with E-state index in [9.17, 15) is 27.9 Å². The Morgan fingerprint density at radius 2 is 2.00 bits per heavy atom. The van der Waals surface area contributed by atoms with Crippen molar-refractivity contribution in [3.05, 3.63) is 33.2 Å². The monoisotopic (exact) mass is 261 g/mol. The molecule has 4 nitrogen and oxygen atoms in total. The second kappa shape index (κ2) is 3.94. The highest BCUT2D eigenvalue weighted by Gasteiger charge is 2.40. The van der Waals surface area contributed by atoms with E-state index >= 15 is 0 Å². The zero-order chi connectivity index (χ0) is 13.7. The Labute approximate surface area is 99.7 Å². The van der Waals surface area contributed by atoms with Gasteiger partial charge in [-0.3, -0.25) is 9.59 Å². The number of hydrogen-bond acceptors (Lipinski definition) is 3. The van der Waals surface area contributed by atoms with Crippen LogP contribution in [0.3, 0.4) is 0 Å². The highest BCUT2D eigenvalue weighted by atomic mass is 19.4. The number of halogens is 3. The smallest absolute Gasteiger partial charge is 0.387 e. The fourth-order valence-corrected chi connectivity index (χ4v) is 2.15. The lowest BCUT2D eigenvalue weighted by Crippen LogP contribution is -2.32. The second-order valence-electron chi connectivity index (χ2n) is 4.19. The van der Waals surface area contributed by atoms with Crippen LogP contribution in [0.25, 0.3) is 0 Å². The molecule has 1 heterocycles. The topological polar surface area (TPSA) is 59.3 Å². The average molecular weight is 261 g/mol. The largest absolute Gasteiger partial charge is 0.417 e. The third-order valence-electron chi connectivity index (χ3n) is 3.03. The van der Waals surface area contributed by atoms with Crippen molar-refractivity contribution < 1.29 is 23.1 Å². The third-order valence-corrected chi connectivity index (χ3v) is 3.03. The summed E-state index contributed by atoms with van der Waals surface area (Å²) in [6.45, 7) is 0. The van der Waals surface area contributed by atoms with Gasteiger partial charge in [-0.1, -0.05) is 0 Å². The highest BCUT2D eigenvalue weighted by Crippen LogP contribution is 2.37. The van der Waals surface area contributed by atoms with Gasteiger partial charge in [0, 0.05) is 19.5 Å². The Morgan fingerprint density at radius 3 is 2.56 bits per heavy atom. The van der Waals surface area contributed by atoms with Gasteiger partial charge in [0.15, 0.2) is 5.78 Å². The van der Waals surface area contributed by atoms with Crippen molar-refractivity contribution >= 4 is 5.78 Å². The maximum absolute atomic E-state index is 12.8. The molecular weight excluding hydrogens is 251 g/mol. The van der Waals surface area contributed by atoms with Crippen LogP contribution in [0.2, 0.25) is 0 Å². The number of aliphatic hydroxyl groups is 1. The first-order valence-corrected chi connectivity index (χ1v) is 5.26.